The van der Waals surface area contributed by atoms with Crippen molar-refractivity contribution >= 4 is 5.91 Å². The molecule has 5 nitrogen and oxygen atoms in total. The van der Waals surface area contributed by atoms with Gasteiger partial charge in [-0.3, -0.25) is 14.9 Å². The molecule has 2 rings (SSSR count). The molecule has 2 fully saturated rings. The summed E-state index contributed by atoms with van der Waals surface area (Å²) in [6.07, 6.45) is 4.75. The number of nitrogens with zero attached hydrogens (tertiary/aromatic N) is 1. The van der Waals surface area contributed by atoms with Gasteiger partial charge in [-0.1, -0.05) is 13.3 Å². The molecule has 96 valence electrons. The van der Waals surface area contributed by atoms with Crippen LogP contribution in [0.1, 0.15) is 39.0 Å². The van der Waals surface area contributed by atoms with Crippen molar-refractivity contribution in [1.82, 2.24) is 5.32 Å². The van der Waals surface area contributed by atoms with Gasteiger partial charge in [0.15, 0.2) is 0 Å². The van der Waals surface area contributed by atoms with Crippen LogP contribution in [0.4, 0.5) is 0 Å². The van der Waals surface area contributed by atoms with Gasteiger partial charge in [0.25, 0.3) is 0 Å². The Balaban J connectivity index is 1.98. The van der Waals surface area contributed by atoms with E-state index in [4.69, 9.17) is 0 Å². The maximum atomic E-state index is 12.0. The Morgan fingerprint density at radius 2 is 2.12 bits per heavy atom. The van der Waals surface area contributed by atoms with E-state index < -0.39 is 6.04 Å². The summed E-state index contributed by atoms with van der Waals surface area (Å²) < 4.78 is 0. The molecule has 5 heteroatoms. The highest BCUT2D eigenvalue weighted by Gasteiger charge is 2.57. The van der Waals surface area contributed by atoms with Crippen LogP contribution in [-0.4, -0.2) is 23.4 Å². The summed E-state index contributed by atoms with van der Waals surface area (Å²) in [6, 6.07) is -0.629. The van der Waals surface area contributed by atoms with Gasteiger partial charge in [-0.2, -0.15) is 0 Å². The smallest absolute Gasteiger partial charge is 0.230 e. The summed E-state index contributed by atoms with van der Waals surface area (Å²) in [7, 11) is 0. The van der Waals surface area contributed by atoms with E-state index >= 15 is 0 Å². The highest BCUT2D eigenvalue weighted by molar-refractivity contribution is 5.80. The lowest BCUT2D eigenvalue weighted by molar-refractivity contribution is -0.536. The monoisotopic (exact) mass is 240 g/mol. The lowest BCUT2D eigenvalue weighted by Crippen LogP contribution is -2.44. The zero-order chi connectivity index (χ0) is 12.4. The quantitative estimate of drug-likeness (QED) is 0.450. The third kappa shape index (κ3) is 2.28. The molecule has 1 N–H and O–H groups in total. The zero-order valence-corrected chi connectivity index (χ0v) is 10.2. The molecule has 0 aromatic carbocycles. The number of carbonyl (C=O) groups excluding carboxylic acids is 1. The van der Waals surface area contributed by atoms with E-state index in [2.05, 4.69) is 12.2 Å². The minimum atomic E-state index is -0.629. The molecular weight excluding hydrogens is 220 g/mol. The Morgan fingerprint density at radius 3 is 2.76 bits per heavy atom. The first-order chi connectivity index (χ1) is 8.15. The molecule has 1 amide bonds. The van der Waals surface area contributed by atoms with E-state index in [0.717, 1.165) is 32.1 Å². The third-order valence-electron chi connectivity index (χ3n) is 4.25. The predicted octanol–water partition coefficient (Wildman–Crippen LogP) is 1.59. The average molecular weight is 240 g/mol. The highest BCUT2D eigenvalue weighted by atomic mass is 16.6. The first-order valence-corrected chi connectivity index (χ1v) is 6.56. The highest BCUT2D eigenvalue weighted by Crippen LogP contribution is 2.49. The molecule has 4 unspecified atom stereocenters. The lowest BCUT2D eigenvalue weighted by Gasteiger charge is -2.24. The Labute approximate surface area is 101 Å². The first kappa shape index (κ1) is 12.3. The Kier molecular flexibility index (Phi) is 3.64. The van der Waals surface area contributed by atoms with E-state index in [-0.39, 0.29) is 28.6 Å². The second-order valence-electron chi connectivity index (χ2n) is 5.28. The molecule has 4 atom stereocenters. The number of amides is 1. The van der Waals surface area contributed by atoms with Gasteiger partial charge in [0.1, 0.15) is 5.92 Å². The number of fused-ring (bicyclic) bond motifs is 2. The van der Waals surface area contributed by atoms with Crippen LogP contribution >= 0.6 is 0 Å². The number of hydrogen-bond acceptors (Lipinski definition) is 3. The van der Waals surface area contributed by atoms with E-state index in [1.54, 1.807) is 0 Å². The second kappa shape index (κ2) is 5.02. The SMILES string of the molecule is CCCCNC(=O)C1C2CCC(C2)C1[N+](=O)[O-]. The molecule has 2 saturated carbocycles. The summed E-state index contributed by atoms with van der Waals surface area (Å²) >= 11 is 0. The summed E-state index contributed by atoms with van der Waals surface area (Å²) in [5.74, 6) is -0.0816. The fraction of sp³-hybridized carbons (Fsp3) is 0.917. The first-order valence-electron chi connectivity index (χ1n) is 6.56. The van der Waals surface area contributed by atoms with E-state index in [1.165, 1.54) is 0 Å². The van der Waals surface area contributed by atoms with Gasteiger partial charge in [-0.15, -0.1) is 0 Å². The van der Waals surface area contributed by atoms with Crippen LogP contribution in [0.5, 0.6) is 0 Å². The molecule has 0 saturated heterocycles. The van der Waals surface area contributed by atoms with Gasteiger partial charge in [0.05, 0.1) is 0 Å². The van der Waals surface area contributed by atoms with E-state index in [0.29, 0.717) is 6.54 Å². The maximum absolute atomic E-state index is 12.0. The predicted molar refractivity (Wildman–Crippen MR) is 63.0 cm³/mol. The molecule has 0 aromatic heterocycles. The second-order valence-corrected chi connectivity index (χ2v) is 5.28. The van der Waals surface area contributed by atoms with Gasteiger partial charge in [0.2, 0.25) is 11.9 Å². The summed E-state index contributed by atoms with van der Waals surface area (Å²) in [5.41, 5.74) is 0. The van der Waals surface area contributed by atoms with Crippen molar-refractivity contribution in [3.8, 4) is 0 Å². The number of nitro groups is 1. The van der Waals surface area contributed by atoms with Crippen molar-refractivity contribution in [2.24, 2.45) is 17.8 Å². The Hall–Kier alpha value is -1.13. The molecule has 2 bridgehead atoms. The molecule has 0 heterocycles. The molecular formula is C12H20N2O3. The molecule has 2 aliphatic carbocycles. The molecule has 0 radical (unpaired) electrons. The van der Waals surface area contributed by atoms with Crippen LogP contribution in [0.3, 0.4) is 0 Å². The summed E-state index contributed by atoms with van der Waals surface area (Å²) in [5, 5.41) is 13.9. The van der Waals surface area contributed by atoms with Crippen LogP contribution in [0, 0.1) is 27.9 Å². The minimum Gasteiger partial charge on any atom is -0.356 e. The molecule has 17 heavy (non-hydrogen) atoms. The summed E-state index contributed by atoms with van der Waals surface area (Å²) in [6.45, 7) is 2.71. The van der Waals surface area contributed by atoms with Crippen LogP contribution < -0.4 is 5.32 Å². The third-order valence-corrected chi connectivity index (χ3v) is 4.25. The number of nitrogens with one attached hydrogen (secondary N) is 1. The van der Waals surface area contributed by atoms with Gasteiger partial charge >= 0.3 is 0 Å². The van der Waals surface area contributed by atoms with Crippen molar-refractivity contribution in [3.05, 3.63) is 10.1 Å². The van der Waals surface area contributed by atoms with Crippen molar-refractivity contribution in [1.29, 1.82) is 0 Å². The number of unbranched alkanes of at least 4 members (excludes halogenated alkanes) is 1. The van der Waals surface area contributed by atoms with Gasteiger partial charge in [-0.25, -0.2) is 0 Å². The molecule has 0 aliphatic heterocycles. The molecule has 0 spiro atoms. The molecule has 0 aromatic rings. The van der Waals surface area contributed by atoms with Crippen molar-refractivity contribution in [2.75, 3.05) is 6.54 Å². The van der Waals surface area contributed by atoms with Crippen LogP contribution in [0.25, 0.3) is 0 Å². The Bertz CT molecular complexity index is 319. The minimum absolute atomic E-state index is 0.0904. The van der Waals surface area contributed by atoms with E-state index in [1.807, 2.05) is 0 Å². The van der Waals surface area contributed by atoms with Crippen LogP contribution in [-0.2, 0) is 4.79 Å². The lowest BCUT2D eigenvalue weighted by atomic mass is 9.84. The van der Waals surface area contributed by atoms with Gasteiger partial charge < -0.3 is 5.32 Å². The molecule has 2 aliphatic rings. The van der Waals surface area contributed by atoms with Gasteiger partial charge in [-0.05, 0) is 31.6 Å². The fourth-order valence-corrected chi connectivity index (χ4v) is 3.44. The maximum Gasteiger partial charge on any atom is 0.230 e. The summed E-state index contributed by atoms with van der Waals surface area (Å²) in [4.78, 5) is 22.8. The van der Waals surface area contributed by atoms with Crippen molar-refractivity contribution in [2.45, 2.75) is 45.1 Å². The number of hydrogen-bond donors (Lipinski definition) is 1. The van der Waals surface area contributed by atoms with Gasteiger partial charge in [0, 0.05) is 17.4 Å². The van der Waals surface area contributed by atoms with Crippen molar-refractivity contribution < 1.29 is 9.72 Å². The van der Waals surface area contributed by atoms with E-state index in [9.17, 15) is 14.9 Å². The topological polar surface area (TPSA) is 72.2 Å². The largest absolute Gasteiger partial charge is 0.356 e. The van der Waals surface area contributed by atoms with Crippen LogP contribution in [0.2, 0.25) is 0 Å². The fourth-order valence-electron chi connectivity index (χ4n) is 3.44. The zero-order valence-electron chi connectivity index (χ0n) is 10.2. The average Bonchev–Trinajstić information content (AvgIpc) is 2.88. The number of carbonyl (C=O) groups is 1. The Morgan fingerprint density at radius 1 is 1.41 bits per heavy atom. The van der Waals surface area contributed by atoms with Crippen molar-refractivity contribution in [3.63, 3.8) is 0 Å². The normalized spacial score (nSPS) is 34.9. The van der Waals surface area contributed by atoms with Crippen LogP contribution in [0.15, 0.2) is 0 Å². The number of rotatable bonds is 5. The standard InChI is InChI=1S/C12H20N2O3/c1-2-3-6-13-12(15)10-8-4-5-9(7-8)11(10)14(16)17/h8-11H,2-7H2,1H3,(H,13,15).